The second-order valence-corrected chi connectivity index (χ2v) is 6.22. The quantitative estimate of drug-likeness (QED) is 0.398. The molecule has 9 heteroatoms. The minimum absolute atomic E-state index is 0.242. The van der Waals surface area contributed by atoms with E-state index in [2.05, 4.69) is 43.8 Å². The first-order valence-electron chi connectivity index (χ1n) is 8.46. The Hall–Kier alpha value is -3.59. The summed E-state index contributed by atoms with van der Waals surface area (Å²) in [5.41, 5.74) is 10.00. The predicted molar refractivity (Wildman–Crippen MR) is 105 cm³/mol. The van der Waals surface area contributed by atoms with Crippen molar-refractivity contribution in [1.29, 1.82) is 0 Å². The molecular weight excluding hydrogens is 344 g/mol. The maximum Gasteiger partial charge on any atom is 0.300 e. The summed E-state index contributed by atoms with van der Waals surface area (Å²) in [4.78, 5) is 12.8. The molecule has 0 spiro atoms. The fourth-order valence-corrected chi connectivity index (χ4v) is 2.82. The SMILES string of the molecule is Cc1coc(Nc2cnc(N)c(N(N)Cc3ccc4c(c3)C=CCN4)n2)n1. The molecule has 0 bridgehead atoms. The molecule has 4 rings (SSSR count). The van der Waals surface area contributed by atoms with Gasteiger partial charge in [-0.15, -0.1) is 0 Å². The summed E-state index contributed by atoms with van der Waals surface area (Å²) in [6, 6.07) is 6.47. The number of nitrogens with two attached hydrogens (primary N) is 2. The van der Waals surface area contributed by atoms with Crippen molar-refractivity contribution in [1.82, 2.24) is 15.0 Å². The summed E-state index contributed by atoms with van der Waals surface area (Å²) in [5.74, 6) is 7.27. The number of hydrazine groups is 1. The number of rotatable bonds is 5. The summed E-state index contributed by atoms with van der Waals surface area (Å²) in [5, 5.41) is 7.73. The van der Waals surface area contributed by atoms with Gasteiger partial charge in [0.25, 0.3) is 0 Å². The molecule has 1 aliphatic heterocycles. The zero-order valence-electron chi connectivity index (χ0n) is 14.8. The third-order valence-corrected chi connectivity index (χ3v) is 4.08. The van der Waals surface area contributed by atoms with E-state index < -0.39 is 0 Å². The van der Waals surface area contributed by atoms with Crippen LogP contribution in [0.3, 0.4) is 0 Å². The van der Waals surface area contributed by atoms with E-state index in [9.17, 15) is 0 Å². The number of nitrogen functional groups attached to an aromatic ring is 1. The lowest BCUT2D eigenvalue weighted by Gasteiger charge is -2.20. The first-order valence-corrected chi connectivity index (χ1v) is 8.46. The lowest BCUT2D eigenvalue weighted by atomic mass is 10.1. The molecule has 0 saturated carbocycles. The molecule has 6 N–H and O–H groups in total. The van der Waals surface area contributed by atoms with Gasteiger partial charge in [-0.2, -0.15) is 4.98 Å². The molecule has 2 aromatic heterocycles. The molecule has 0 aliphatic carbocycles. The van der Waals surface area contributed by atoms with E-state index in [1.54, 1.807) is 6.26 Å². The molecule has 138 valence electrons. The van der Waals surface area contributed by atoms with Crippen LogP contribution in [0.5, 0.6) is 0 Å². The van der Waals surface area contributed by atoms with E-state index in [4.69, 9.17) is 16.0 Å². The van der Waals surface area contributed by atoms with Gasteiger partial charge in [-0.3, -0.25) is 10.3 Å². The molecule has 0 amide bonds. The third-order valence-electron chi connectivity index (χ3n) is 4.08. The third kappa shape index (κ3) is 3.67. The average molecular weight is 364 g/mol. The van der Waals surface area contributed by atoms with Crippen LogP contribution < -0.4 is 27.2 Å². The van der Waals surface area contributed by atoms with Gasteiger partial charge in [-0.1, -0.05) is 18.2 Å². The van der Waals surface area contributed by atoms with Crippen LogP contribution in [0.25, 0.3) is 6.08 Å². The van der Waals surface area contributed by atoms with Gasteiger partial charge in [0.05, 0.1) is 18.4 Å². The number of nitrogens with one attached hydrogen (secondary N) is 2. The Morgan fingerprint density at radius 3 is 3.04 bits per heavy atom. The Bertz CT molecular complexity index is 997. The Morgan fingerprint density at radius 2 is 2.22 bits per heavy atom. The van der Waals surface area contributed by atoms with Crippen molar-refractivity contribution in [3.63, 3.8) is 0 Å². The van der Waals surface area contributed by atoms with Gasteiger partial charge in [0.2, 0.25) is 0 Å². The minimum atomic E-state index is 0.242. The highest BCUT2D eigenvalue weighted by atomic mass is 16.4. The molecule has 1 aromatic carbocycles. The first-order chi connectivity index (χ1) is 13.1. The smallest absolute Gasteiger partial charge is 0.300 e. The molecule has 0 fully saturated rings. The highest BCUT2D eigenvalue weighted by molar-refractivity contribution is 5.71. The summed E-state index contributed by atoms with van der Waals surface area (Å²) in [6.45, 7) is 3.10. The molecule has 0 radical (unpaired) electrons. The fourth-order valence-electron chi connectivity index (χ4n) is 2.82. The molecule has 3 aromatic rings. The number of hydrogen-bond acceptors (Lipinski definition) is 9. The van der Waals surface area contributed by atoms with Crippen LogP contribution >= 0.6 is 0 Å². The zero-order valence-corrected chi connectivity index (χ0v) is 14.8. The van der Waals surface area contributed by atoms with E-state index in [-0.39, 0.29) is 5.82 Å². The first kappa shape index (κ1) is 16.9. The van der Waals surface area contributed by atoms with Gasteiger partial charge in [0.15, 0.2) is 17.5 Å². The monoisotopic (exact) mass is 364 g/mol. The van der Waals surface area contributed by atoms with Gasteiger partial charge in [-0.25, -0.2) is 15.8 Å². The second kappa shape index (κ2) is 6.96. The van der Waals surface area contributed by atoms with Crippen LogP contribution in [-0.2, 0) is 6.54 Å². The van der Waals surface area contributed by atoms with Gasteiger partial charge < -0.3 is 15.5 Å². The highest BCUT2D eigenvalue weighted by Gasteiger charge is 2.13. The maximum absolute atomic E-state index is 6.22. The van der Waals surface area contributed by atoms with Crippen LogP contribution in [0, 0.1) is 6.92 Å². The topological polar surface area (TPSA) is 131 Å². The van der Waals surface area contributed by atoms with Crippen LogP contribution in [0.2, 0.25) is 0 Å². The number of aromatic nitrogens is 3. The van der Waals surface area contributed by atoms with Gasteiger partial charge in [0, 0.05) is 12.2 Å². The number of fused-ring (bicyclic) bond motifs is 1. The lowest BCUT2D eigenvalue weighted by Crippen LogP contribution is -2.32. The number of oxazole rings is 1. The van der Waals surface area contributed by atoms with Gasteiger partial charge in [-0.05, 0) is 30.2 Å². The van der Waals surface area contributed by atoms with Crippen LogP contribution in [0.15, 0.2) is 41.2 Å². The maximum atomic E-state index is 6.22. The van der Waals surface area contributed by atoms with E-state index in [1.807, 2.05) is 19.1 Å². The normalized spacial score (nSPS) is 12.4. The minimum Gasteiger partial charge on any atom is -0.432 e. The summed E-state index contributed by atoms with van der Waals surface area (Å²) >= 11 is 0. The number of benzene rings is 1. The van der Waals surface area contributed by atoms with Crippen molar-refractivity contribution >= 4 is 35.2 Å². The molecule has 9 nitrogen and oxygen atoms in total. The van der Waals surface area contributed by atoms with E-state index in [0.717, 1.165) is 29.1 Å². The molecule has 3 heterocycles. The van der Waals surface area contributed by atoms with Crippen LogP contribution in [0.1, 0.15) is 16.8 Å². The van der Waals surface area contributed by atoms with E-state index in [0.29, 0.717) is 24.2 Å². The summed E-state index contributed by atoms with van der Waals surface area (Å²) < 4.78 is 5.27. The van der Waals surface area contributed by atoms with Crippen molar-refractivity contribution in [3.05, 3.63) is 53.6 Å². The van der Waals surface area contributed by atoms with Crippen molar-refractivity contribution in [3.8, 4) is 0 Å². The standard InChI is InChI=1S/C18H20N8O/c1-11-10-27-18(23-11)25-15-8-22-16(19)17(24-15)26(20)9-12-4-5-14-13(7-12)3-2-6-21-14/h2-5,7-8,10,21H,6,9,20H2,1H3,(H2,19,22)(H,23,24,25). The summed E-state index contributed by atoms with van der Waals surface area (Å²) in [6.07, 6.45) is 7.22. The fraction of sp³-hybridized carbons (Fsp3) is 0.167. The van der Waals surface area contributed by atoms with E-state index >= 15 is 0 Å². The zero-order chi connectivity index (χ0) is 18.8. The second-order valence-electron chi connectivity index (χ2n) is 6.22. The van der Waals surface area contributed by atoms with Crippen LogP contribution in [0.4, 0.5) is 29.2 Å². The van der Waals surface area contributed by atoms with Crippen molar-refractivity contribution in [2.75, 3.05) is 27.9 Å². The average Bonchev–Trinajstić information content (AvgIpc) is 3.08. The van der Waals surface area contributed by atoms with E-state index in [1.165, 1.54) is 11.2 Å². The molecule has 1 aliphatic rings. The molecule has 0 atom stereocenters. The number of hydrogen-bond donors (Lipinski definition) is 4. The molecule has 0 unspecified atom stereocenters. The van der Waals surface area contributed by atoms with Gasteiger partial charge in [0.1, 0.15) is 6.26 Å². The molecule has 0 saturated heterocycles. The Kier molecular flexibility index (Phi) is 4.35. The Morgan fingerprint density at radius 1 is 1.33 bits per heavy atom. The summed E-state index contributed by atoms with van der Waals surface area (Å²) in [7, 11) is 0. The Labute approximate surface area is 156 Å². The number of aryl methyl sites for hydroxylation is 1. The predicted octanol–water partition coefficient (Wildman–Crippen LogP) is 2.42. The number of nitrogens with zero attached hydrogens (tertiary/aromatic N) is 4. The largest absolute Gasteiger partial charge is 0.432 e. The number of anilines is 5. The lowest BCUT2D eigenvalue weighted by molar-refractivity contribution is 0.576. The van der Waals surface area contributed by atoms with Crippen LogP contribution in [-0.4, -0.2) is 21.5 Å². The molecular formula is C18H20N8O. The highest BCUT2D eigenvalue weighted by Crippen LogP contribution is 2.25. The Balaban J connectivity index is 1.53. The van der Waals surface area contributed by atoms with Gasteiger partial charge >= 0.3 is 6.01 Å². The van der Waals surface area contributed by atoms with Crippen molar-refractivity contribution < 1.29 is 4.42 Å². The van der Waals surface area contributed by atoms with Crippen molar-refractivity contribution in [2.45, 2.75) is 13.5 Å². The molecule has 27 heavy (non-hydrogen) atoms. The van der Waals surface area contributed by atoms with Crippen molar-refractivity contribution in [2.24, 2.45) is 5.84 Å².